The molecule has 0 aromatic carbocycles. The molecule has 1 N–H and O–H groups in total. The summed E-state index contributed by atoms with van der Waals surface area (Å²) >= 11 is 0. The number of carbonyl (C=O) groups excluding carboxylic acids is 2. The summed E-state index contributed by atoms with van der Waals surface area (Å²) in [6.45, 7) is 6.62. The van der Waals surface area contributed by atoms with E-state index in [1.807, 2.05) is 18.2 Å². The molecule has 1 aromatic rings. The van der Waals surface area contributed by atoms with Gasteiger partial charge in [0.2, 0.25) is 5.91 Å². The lowest BCUT2D eigenvalue weighted by Gasteiger charge is -2.25. The molecule has 138 valence electrons. The van der Waals surface area contributed by atoms with Gasteiger partial charge in [-0.05, 0) is 39.3 Å². The number of ether oxygens (including phenoxy) is 2. The minimum absolute atomic E-state index is 0.000795. The quantitative estimate of drug-likeness (QED) is 0.879. The van der Waals surface area contributed by atoms with E-state index in [1.54, 1.807) is 38.9 Å². The van der Waals surface area contributed by atoms with Crippen molar-refractivity contribution in [3.05, 3.63) is 30.1 Å². The van der Waals surface area contributed by atoms with Crippen molar-refractivity contribution in [2.45, 2.75) is 45.4 Å². The van der Waals surface area contributed by atoms with Gasteiger partial charge in [-0.1, -0.05) is 6.07 Å². The fraction of sp³-hybridized carbons (Fsp3) is 0.611. The zero-order valence-electron chi connectivity index (χ0n) is 15.3. The predicted octanol–water partition coefficient (Wildman–Crippen LogP) is 1.97. The third kappa shape index (κ3) is 6.01. The normalized spacial score (nSPS) is 20.2. The average Bonchev–Trinajstić information content (AvgIpc) is 3.00. The third-order valence-electron chi connectivity index (χ3n) is 3.87. The summed E-state index contributed by atoms with van der Waals surface area (Å²) in [4.78, 5) is 30.4. The Morgan fingerprint density at radius 1 is 1.40 bits per heavy atom. The second kappa shape index (κ2) is 8.29. The maximum absolute atomic E-state index is 12.7. The van der Waals surface area contributed by atoms with Crippen LogP contribution in [0.1, 0.15) is 32.9 Å². The first-order chi connectivity index (χ1) is 11.8. The number of nitrogens with one attached hydrogen (secondary N) is 1. The number of carbonyl (C=O) groups is 2. The molecule has 0 aliphatic carbocycles. The lowest BCUT2D eigenvalue weighted by atomic mass is 9.99. The summed E-state index contributed by atoms with van der Waals surface area (Å²) < 4.78 is 10.8. The van der Waals surface area contributed by atoms with Crippen LogP contribution < -0.4 is 5.32 Å². The molecule has 0 bridgehead atoms. The lowest BCUT2D eigenvalue weighted by molar-refractivity contribution is -0.136. The Kier molecular flexibility index (Phi) is 6.36. The average molecular weight is 349 g/mol. The van der Waals surface area contributed by atoms with Crippen LogP contribution in [0, 0.1) is 5.92 Å². The fourth-order valence-electron chi connectivity index (χ4n) is 2.73. The topological polar surface area (TPSA) is 80.8 Å². The Morgan fingerprint density at radius 3 is 2.80 bits per heavy atom. The minimum Gasteiger partial charge on any atom is -0.444 e. The van der Waals surface area contributed by atoms with Gasteiger partial charge in [-0.15, -0.1) is 0 Å². The van der Waals surface area contributed by atoms with Gasteiger partial charge in [0.1, 0.15) is 5.60 Å². The van der Waals surface area contributed by atoms with Crippen molar-refractivity contribution >= 4 is 12.0 Å². The van der Waals surface area contributed by atoms with Gasteiger partial charge in [-0.25, -0.2) is 4.79 Å². The van der Waals surface area contributed by atoms with Gasteiger partial charge < -0.3 is 19.7 Å². The summed E-state index contributed by atoms with van der Waals surface area (Å²) in [5, 5.41) is 2.69. The number of hydrogen-bond acceptors (Lipinski definition) is 5. The Balaban J connectivity index is 1.87. The van der Waals surface area contributed by atoms with E-state index in [0.717, 1.165) is 5.69 Å². The predicted molar refractivity (Wildman–Crippen MR) is 92.8 cm³/mol. The number of nitrogens with zero attached hydrogens (tertiary/aromatic N) is 2. The molecule has 0 saturated carbocycles. The van der Waals surface area contributed by atoms with Gasteiger partial charge in [0.05, 0.1) is 24.3 Å². The molecule has 1 fully saturated rings. The van der Waals surface area contributed by atoms with Crippen LogP contribution >= 0.6 is 0 Å². The SMILES string of the molecule is CN(Cc1ccccn1)C(=O)[C@H]1CCO[C@H]1CNC(=O)OC(C)(C)C. The number of rotatable bonds is 5. The molecule has 2 heterocycles. The Labute approximate surface area is 148 Å². The molecule has 1 aromatic heterocycles. The highest BCUT2D eigenvalue weighted by atomic mass is 16.6. The highest BCUT2D eigenvalue weighted by Crippen LogP contribution is 2.23. The summed E-state index contributed by atoms with van der Waals surface area (Å²) in [6, 6.07) is 5.62. The number of pyridine rings is 1. The zero-order chi connectivity index (χ0) is 18.4. The summed E-state index contributed by atoms with van der Waals surface area (Å²) in [7, 11) is 1.76. The zero-order valence-corrected chi connectivity index (χ0v) is 15.3. The van der Waals surface area contributed by atoms with Crippen molar-refractivity contribution in [1.82, 2.24) is 15.2 Å². The van der Waals surface area contributed by atoms with E-state index in [4.69, 9.17) is 9.47 Å². The first-order valence-electron chi connectivity index (χ1n) is 8.49. The number of amides is 2. The second-order valence-corrected chi connectivity index (χ2v) is 7.20. The van der Waals surface area contributed by atoms with Gasteiger partial charge in [0, 0.05) is 26.4 Å². The van der Waals surface area contributed by atoms with Gasteiger partial charge in [0.15, 0.2) is 0 Å². The monoisotopic (exact) mass is 349 g/mol. The van der Waals surface area contributed by atoms with Crippen LogP contribution in [0.3, 0.4) is 0 Å². The van der Waals surface area contributed by atoms with Crippen LogP contribution in [0.2, 0.25) is 0 Å². The Bertz CT molecular complexity index is 586. The third-order valence-corrected chi connectivity index (χ3v) is 3.87. The molecule has 25 heavy (non-hydrogen) atoms. The second-order valence-electron chi connectivity index (χ2n) is 7.20. The van der Waals surface area contributed by atoms with Crippen LogP contribution in [0.5, 0.6) is 0 Å². The Hall–Kier alpha value is -2.15. The molecular formula is C18H27N3O4. The number of hydrogen-bond donors (Lipinski definition) is 1. The van der Waals surface area contributed by atoms with E-state index < -0.39 is 11.7 Å². The van der Waals surface area contributed by atoms with E-state index in [-0.39, 0.29) is 24.5 Å². The molecule has 7 nitrogen and oxygen atoms in total. The molecule has 0 unspecified atom stereocenters. The van der Waals surface area contributed by atoms with Crippen molar-refractivity contribution < 1.29 is 19.1 Å². The van der Waals surface area contributed by atoms with Crippen molar-refractivity contribution in [2.75, 3.05) is 20.2 Å². The number of aromatic nitrogens is 1. The van der Waals surface area contributed by atoms with Crippen molar-refractivity contribution in [1.29, 1.82) is 0 Å². The molecule has 1 aliphatic heterocycles. The van der Waals surface area contributed by atoms with Gasteiger partial charge in [0.25, 0.3) is 0 Å². The van der Waals surface area contributed by atoms with Crippen LogP contribution in [-0.4, -0.2) is 53.8 Å². The maximum Gasteiger partial charge on any atom is 0.407 e. The number of alkyl carbamates (subject to hydrolysis) is 1. The largest absolute Gasteiger partial charge is 0.444 e. The molecule has 0 radical (unpaired) electrons. The van der Waals surface area contributed by atoms with E-state index in [0.29, 0.717) is 19.6 Å². The first-order valence-corrected chi connectivity index (χ1v) is 8.49. The van der Waals surface area contributed by atoms with E-state index in [9.17, 15) is 9.59 Å². The summed E-state index contributed by atoms with van der Waals surface area (Å²) in [5.74, 6) is -0.275. The molecular weight excluding hydrogens is 322 g/mol. The van der Waals surface area contributed by atoms with Gasteiger partial charge >= 0.3 is 6.09 Å². The Morgan fingerprint density at radius 2 is 2.16 bits per heavy atom. The van der Waals surface area contributed by atoms with E-state index >= 15 is 0 Å². The minimum atomic E-state index is -0.557. The summed E-state index contributed by atoms with van der Waals surface area (Å²) in [6.07, 6.45) is 1.51. The van der Waals surface area contributed by atoms with Crippen molar-refractivity contribution in [3.8, 4) is 0 Å². The van der Waals surface area contributed by atoms with E-state index in [1.165, 1.54) is 0 Å². The fourth-order valence-corrected chi connectivity index (χ4v) is 2.73. The van der Waals surface area contributed by atoms with Crippen molar-refractivity contribution in [2.24, 2.45) is 5.92 Å². The first kappa shape index (κ1) is 19.2. The molecule has 7 heteroatoms. The highest BCUT2D eigenvalue weighted by molar-refractivity contribution is 5.79. The molecule has 2 atom stereocenters. The van der Waals surface area contributed by atoms with Crippen molar-refractivity contribution in [3.63, 3.8) is 0 Å². The van der Waals surface area contributed by atoms with Gasteiger partial charge in [-0.2, -0.15) is 0 Å². The smallest absolute Gasteiger partial charge is 0.407 e. The molecule has 1 saturated heterocycles. The van der Waals surface area contributed by atoms with Crippen LogP contribution in [0.25, 0.3) is 0 Å². The van der Waals surface area contributed by atoms with E-state index in [2.05, 4.69) is 10.3 Å². The van der Waals surface area contributed by atoms with Gasteiger partial charge in [-0.3, -0.25) is 9.78 Å². The lowest BCUT2D eigenvalue weighted by Crippen LogP contribution is -2.43. The molecule has 2 rings (SSSR count). The standard InChI is InChI=1S/C18H27N3O4/c1-18(2,3)25-17(23)20-11-15-14(8-10-24-15)16(22)21(4)12-13-7-5-6-9-19-13/h5-7,9,14-15H,8,10-12H2,1-4H3,(H,20,23)/t14-,15-/m0/s1. The highest BCUT2D eigenvalue weighted by Gasteiger charge is 2.36. The van der Waals surface area contributed by atoms with Crippen LogP contribution in [-0.2, 0) is 20.8 Å². The van der Waals surface area contributed by atoms with Crippen LogP contribution in [0.4, 0.5) is 4.79 Å². The molecule has 2 amide bonds. The van der Waals surface area contributed by atoms with Crippen LogP contribution in [0.15, 0.2) is 24.4 Å². The summed E-state index contributed by atoms with van der Waals surface area (Å²) in [5.41, 5.74) is 0.277. The maximum atomic E-state index is 12.7. The molecule has 1 aliphatic rings. The molecule has 0 spiro atoms.